The molecule has 4 heterocycles. The second-order valence-electron chi connectivity index (χ2n) is 8.17. The summed E-state index contributed by atoms with van der Waals surface area (Å²) in [4.78, 5) is 30.5. The maximum absolute atomic E-state index is 14.4. The Morgan fingerprint density at radius 1 is 1.26 bits per heavy atom. The molecule has 1 saturated carbocycles. The lowest BCUT2D eigenvalue weighted by Gasteiger charge is -2.35. The van der Waals surface area contributed by atoms with Gasteiger partial charge in [0.25, 0.3) is 11.5 Å². The van der Waals surface area contributed by atoms with Gasteiger partial charge in [-0.25, -0.2) is 9.67 Å². The highest BCUT2D eigenvalue weighted by atomic mass is 19.1. The number of aromatic nitrogens is 6. The SMILES string of the molecule is CNc1cc(Nc2cccn(-c3cnn(C)c3F)c2=O)nc2c(C(=O)N[C@H]3CC[C@@H]3OC)cnn12. The fraction of sp³-hybridized carbons (Fsp3) is 0.318. The minimum Gasteiger partial charge on any atom is -0.379 e. The first-order chi connectivity index (χ1) is 16.9. The van der Waals surface area contributed by atoms with Crippen molar-refractivity contribution < 1.29 is 13.9 Å². The lowest BCUT2D eigenvalue weighted by atomic mass is 9.89. The van der Waals surface area contributed by atoms with Crippen molar-refractivity contribution in [2.45, 2.75) is 25.0 Å². The Balaban J connectivity index is 1.49. The molecular formula is C22H24FN9O3. The summed E-state index contributed by atoms with van der Waals surface area (Å²) >= 11 is 0. The quantitative estimate of drug-likeness (QED) is 0.361. The summed E-state index contributed by atoms with van der Waals surface area (Å²) in [6.07, 6.45) is 5.90. The van der Waals surface area contributed by atoms with Gasteiger partial charge in [0, 0.05) is 33.5 Å². The highest BCUT2D eigenvalue weighted by molar-refractivity contribution is 6.00. The predicted molar refractivity (Wildman–Crippen MR) is 126 cm³/mol. The fourth-order valence-electron chi connectivity index (χ4n) is 4.02. The number of fused-ring (bicyclic) bond motifs is 1. The standard InChI is InChI=1S/C22H24FN9O3/c1-24-18-9-17(27-14-5-4-8-31(22(14)34)15-11-25-30(2)19(15)23)29-20-12(10-26-32(18)20)21(33)28-13-6-7-16(13)35-3/h4-5,8-11,13,16,24H,6-7H2,1-3H3,(H,27,29)(H,28,33)/t13-,16-/m0/s1. The molecule has 5 rings (SSSR count). The molecule has 0 saturated heterocycles. The average molecular weight is 481 g/mol. The molecule has 0 aliphatic heterocycles. The molecule has 1 aliphatic rings. The van der Waals surface area contributed by atoms with Gasteiger partial charge in [-0.3, -0.25) is 14.2 Å². The Bertz CT molecular complexity index is 1470. The van der Waals surface area contributed by atoms with Crippen LogP contribution in [0.5, 0.6) is 0 Å². The van der Waals surface area contributed by atoms with Crippen molar-refractivity contribution in [1.82, 2.24) is 34.3 Å². The molecule has 1 aliphatic carbocycles. The minimum atomic E-state index is -0.640. The smallest absolute Gasteiger partial charge is 0.278 e. The van der Waals surface area contributed by atoms with Gasteiger partial charge >= 0.3 is 0 Å². The number of hydrogen-bond acceptors (Lipinski definition) is 8. The zero-order chi connectivity index (χ0) is 24.7. The van der Waals surface area contributed by atoms with Gasteiger partial charge in [0.1, 0.15) is 28.6 Å². The van der Waals surface area contributed by atoms with Gasteiger partial charge in [-0.1, -0.05) is 0 Å². The molecule has 3 N–H and O–H groups in total. The molecule has 35 heavy (non-hydrogen) atoms. The number of halogens is 1. The summed E-state index contributed by atoms with van der Waals surface area (Å²) in [6.45, 7) is 0. The monoisotopic (exact) mass is 481 g/mol. The number of amides is 1. The fourth-order valence-corrected chi connectivity index (χ4v) is 4.02. The number of pyridine rings is 1. The third kappa shape index (κ3) is 3.89. The second kappa shape index (κ2) is 8.83. The highest BCUT2D eigenvalue weighted by Crippen LogP contribution is 2.25. The third-order valence-electron chi connectivity index (χ3n) is 6.12. The molecule has 13 heteroatoms. The first-order valence-electron chi connectivity index (χ1n) is 11.0. The van der Waals surface area contributed by atoms with Crippen molar-refractivity contribution in [2.75, 3.05) is 24.8 Å². The molecule has 12 nitrogen and oxygen atoms in total. The molecule has 0 spiro atoms. The van der Waals surface area contributed by atoms with Crippen LogP contribution in [0.3, 0.4) is 0 Å². The first kappa shape index (κ1) is 22.5. The Morgan fingerprint density at radius 3 is 2.74 bits per heavy atom. The van der Waals surface area contributed by atoms with Gasteiger partial charge in [0.05, 0.1) is 24.5 Å². The van der Waals surface area contributed by atoms with Gasteiger partial charge in [0.15, 0.2) is 5.65 Å². The summed E-state index contributed by atoms with van der Waals surface area (Å²) in [5.74, 6) is -0.105. The number of hydrogen-bond donors (Lipinski definition) is 3. The Hall–Kier alpha value is -4.26. The lowest BCUT2D eigenvalue weighted by molar-refractivity contribution is 0.00732. The van der Waals surface area contributed by atoms with Crippen molar-refractivity contribution in [3.05, 3.63) is 58.7 Å². The number of nitrogens with zero attached hydrogens (tertiary/aromatic N) is 6. The molecule has 0 radical (unpaired) electrons. The van der Waals surface area contributed by atoms with E-state index < -0.39 is 11.5 Å². The number of carbonyl (C=O) groups excluding carboxylic acids is 1. The number of anilines is 3. The Morgan fingerprint density at radius 2 is 2.09 bits per heavy atom. The van der Waals surface area contributed by atoms with Crippen molar-refractivity contribution in [2.24, 2.45) is 7.05 Å². The summed E-state index contributed by atoms with van der Waals surface area (Å²) in [6, 6.07) is 4.75. The van der Waals surface area contributed by atoms with E-state index in [0.717, 1.165) is 22.1 Å². The van der Waals surface area contributed by atoms with Crippen LogP contribution in [0.1, 0.15) is 23.2 Å². The van der Waals surface area contributed by atoms with Crippen LogP contribution in [0.15, 0.2) is 41.6 Å². The summed E-state index contributed by atoms with van der Waals surface area (Å²) in [5.41, 5.74) is 0.293. The molecule has 2 atom stereocenters. The molecule has 4 aromatic heterocycles. The van der Waals surface area contributed by atoms with Crippen LogP contribution in [0.25, 0.3) is 11.3 Å². The van der Waals surface area contributed by atoms with Crippen LogP contribution in [0.2, 0.25) is 0 Å². The minimum absolute atomic E-state index is 0.0104. The number of aryl methyl sites for hydroxylation is 1. The molecule has 4 aromatic rings. The van der Waals surface area contributed by atoms with Crippen LogP contribution < -0.4 is 21.5 Å². The molecule has 1 amide bonds. The van der Waals surface area contributed by atoms with Crippen molar-refractivity contribution >= 4 is 28.9 Å². The van der Waals surface area contributed by atoms with Gasteiger partial charge in [-0.2, -0.15) is 19.1 Å². The molecular weight excluding hydrogens is 457 g/mol. The summed E-state index contributed by atoms with van der Waals surface area (Å²) in [7, 11) is 4.78. The zero-order valence-corrected chi connectivity index (χ0v) is 19.3. The maximum atomic E-state index is 14.4. The third-order valence-corrected chi connectivity index (χ3v) is 6.12. The zero-order valence-electron chi connectivity index (χ0n) is 19.3. The van der Waals surface area contributed by atoms with Gasteiger partial charge in [-0.15, -0.1) is 0 Å². The van der Waals surface area contributed by atoms with E-state index in [0.29, 0.717) is 17.3 Å². The Kier molecular flexibility index (Phi) is 5.68. The number of ether oxygens (including phenoxy) is 1. The van der Waals surface area contributed by atoms with Gasteiger partial charge in [-0.05, 0) is 25.0 Å². The highest BCUT2D eigenvalue weighted by Gasteiger charge is 2.33. The van der Waals surface area contributed by atoms with Gasteiger partial charge < -0.3 is 20.7 Å². The molecule has 1 fully saturated rings. The maximum Gasteiger partial charge on any atom is 0.278 e. The molecule has 182 valence electrons. The topological polar surface area (TPSA) is 132 Å². The largest absolute Gasteiger partial charge is 0.379 e. The normalized spacial score (nSPS) is 17.3. The van der Waals surface area contributed by atoms with Crippen LogP contribution in [-0.2, 0) is 11.8 Å². The Labute approximate surface area is 198 Å². The lowest BCUT2D eigenvalue weighted by Crippen LogP contribution is -2.51. The van der Waals surface area contributed by atoms with Crippen LogP contribution in [0.4, 0.5) is 21.7 Å². The summed E-state index contributed by atoms with van der Waals surface area (Å²) in [5, 5.41) is 17.1. The summed E-state index contributed by atoms with van der Waals surface area (Å²) < 4.78 is 23.4. The van der Waals surface area contributed by atoms with E-state index in [2.05, 4.69) is 31.1 Å². The van der Waals surface area contributed by atoms with Crippen molar-refractivity contribution in [1.29, 1.82) is 0 Å². The van der Waals surface area contributed by atoms with Crippen LogP contribution in [-0.4, -0.2) is 61.2 Å². The molecule has 0 bridgehead atoms. The van der Waals surface area contributed by atoms with E-state index in [9.17, 15) is 14.0 Å². The molecule has 0 aromatic carbocycles. The number of carbonyl (C=O) groups is 1. The average Bonchev–Trinajstić information content (AvgIpc) is 3.41. The number of nitrogens with one attached hydrogen (secondary N) is 3. The van der Waals surface area contributed by atoms with Crippen LogP contribution >= 0.6 is 0 Å². The first-order valence-corrected chi connectivity index (χ1v) is 11.0. The second-order valence-corrected chi connectivity index (χ2v) is 8.17. The number of rotatable bonds is 7. The molecule has 0 unspecified atom stereocenters. The number of methoxy groups -OCH3 is 1. The van der Waals surface area contributed by atoms with Gasteiger partial charge in [0.2, 0.25) is 5.95 Å². The van der Waals surface area contributed by atoms with E-state index in [1.807, 2.05) is 0 Å². The van der Waals surface area contributed by atoms with E-state index in [4.69, 9.17) is 4.74 Å². The van der Waals surface area contributed by atoms with Crippen molar-refractivity contribution in [3.8, 4) is 5.69 Å². The predicted octanol–water partition coefficient (Wildman–Crippen LogP) is 1.45. The van der Waals surface area contributed by atoms with E-state index >= 15 is 0 Å². The van der Waals surface area contributed by atoms with E-state index in [1.165, 1.54) is 30.2 Å². The van der Waals surface area contributed by atoms with Crippen LogP contribution in [0, 0.1) is 5.95 Å². The van der Waals surface area contributed by atoms with E-state index in [1.54, 1.807) is 32.4 Å². The van der Waals surface area contributed by atoms with E-state index in [-0.39, 0.29) is 35.0 Å². The van der Waals surface area contributed by atoms with Crippen molar-refractivity contribution in [3.63, 3.8) is 0 Å².